The van der Waals surface area contributed by atoms with Gasteiger partial charge >= 0.3 is 6.18 Å². The van der Waals surface area contributed by atoms with E-state index in [0.717, 1.165) is 30.8 Å². The Bertz CT molecular complexity index is 838. The SMILES string of the molecule is CC(C)[Si](OC[C@@H]1CCc2nn(-c3ccc(C(F)(F)F)cc3)c[n+]21)(C(C)C)C(C)C. The molecule has 0 bridgehead atoms. The number of benzene rings is 1. The number of fused-ring (bicyclic) bond motifs is 1. The summed E-state index contributed by atoms with van der Waals surface area (Å²) in [6.07, 6.45) is -0.611. The summed E-state index contributed by atoms with van der Waals surface area (Å²) in [7, 11) is -1.94. The second-order valence-electron chi connectivity index (χ2n) is 9.25. The first-order valence-electron chi connectivity index (χ1n) is 10.8. The molecule has 0 N–H and O–H groups in total. The molecule has 2 aromatic rings. The molecule has 30 heavy (non-hydrogen) atoms. The van der Waals surface area contributed by atoms with Gasteiger partial charge in [-0.25, -0.2) is 4.57 Å². The van der Waals surface area contributed by atoms with Crippen LogP contribution in [0.1, 0.15) is 65.4 Å². The van der Waals surface area contributed by atoms with Gasteiger partial charge in [-0.05, 0) is 47.3 Å². The number of rotatable bonds is 7. The molecule has 0 fully saturated rings. The van der Waals surface area contributed by atoms with Crippen molar-refractivity contribution in [2.24, 2.45) is 0 Å². The standard InChI is InChI=1S/C22H33F3N3OSi/c1-15(2)30(16(3)4,17(5)6)29-13-20-11-12-21-26-28(14-27(20)21)19-9-7-18(8-10-19)22(23,24)25/h7-10,14-17,20H,11-13H2,1-6H3/q+1/t20-/m0/s1. The van der Waals surface area contributed by atoms with E-state index < -0.39 is 20.1 Å². The van der Waals surface area contributed by atoms with E-state index in [1.165, 1.54) is 12.1 Å². The Morgan fingerprint density at radius 3 is 2.13 bits per heavy atom. The van der Waals surface area contributed by atoms with E-state index in [4.69, 9.17) is 4.43 Å². The summed E-state index contributed by atoms with van der Waals surface area (Å²) in [4.78, 5) is 0. The summed E-state index contributed by atoms with van der Waals surface area (Å²) in [5.41, 5.74) is 1.55. The molecule has 0 saturated heterocycles. The molecular formula is C22H33F3N3OSi+. The van der Waals surface area contributed by atoms with Crippen molar-refractivity contribution in [3.05, 3.63) is 42.0 Å². The monoisotopic (exact) mass is 440 g/mol. The van der Waals surface area contributed by atoms with Gasteiger partial charge in [-0.15, -0.1) is 0 Å². The van der Waals surface area contributed by atoms with E-state index in [2.05, 4.69) is 51.2 Å². The van der Waals surface area contributed by atoms with Crippen LogP contribution in [0.5, 0.6) is 0 Å². The van der Waals surface area contributed by atoms with Gasteiger partial charge < -0.3 is 4.43 Å². The lowest BCUT2D eigenvalue weighted by atomic mass is 10.2. The van der Waals surface area contributed by atoms with Crippen LogP contribution >= 0.6 is 0 Å². The van der Waals surface area contributed by atoms with Gasteiger partial charge in [0.25, 0.3) is 5.82 Å². The Kier molecular flexibility index (Phi) is 6.48. The summed E-state index contributed by atoms with van der Waals surface area (Å²) < 4.78 is 49.0. The number of aromatic nitrogens is 3. The predicted octanol–water partition coefficient (Wildman–Crippen LogP) is 5.86. The first-order valence-corrected chi connectivity index (χ1v) is 12.9. The lowest BCUT2D eigenvalue weighted by molar-refractivity contribution is -0.718. The highest BCUT2D eigenvalue weighted by atomic mass is 28.4. The van der Waals surface area contributed by atoms with E-state index in [1.807, 2.05) is 6.33 Å². The van der Waals surface area contributed by atoms with Gasteiger partial charge in [-0.1, -0.05) is 46.2 Å². The predicted molar refractivity (Wildman–Crippen MR) is 113 cm³/mol. The highest BCUT2D eigenvalue weighted by Crippen LogP contribution is 2.42. The maximum atomic E-state index is 12.8. The topological polar surface area (TPSA) is 30.9 Å². The third-order valence-electron chi connectivity index (χ3n) is 6.54. The molecule has 0 saturated carbocycles. The van der Waals surface area contributed by atoms with Crippen molar-refractivity contribution in [1.29, 1.82) is 0 Å². The number of halogens is 3. The summed E-state index contributed by atoms with van der Waals surface area (Å²) >= 11 is 0. The van der Waals surface area contributed by atoms with Crippen LogP contribution in [0.2, 0.25) is 16.6 Å². The maximum Gasteiger partial charge on any atom is 0.416 e. The van der Waals surface area contributed by atoms with Gasteiger partial charge in [0, 0.05) is 11.5 Å². The summed E-state index contributed by atoms with van der Waals surface area (Å²) in [6.45, 7) is 14.3. The van der Waals surface area contributed by atoms with E-state index in [0.29, 0.717) is 28.9 Å². The van der Waals surface area contributed by atoms with Crippen LogP contribution in [-0.2, 0) is 17.0 Å². The molecule has 1 aliphatic rings. The van der Waals surface area contributed by atoms with Crippen molar-refractivity contribution in [2.75, 3.05) is 6.61 Å². The summed E-state index contributed by atoms with van der Waals surface area (Å²) in [5.74, 6) is 0.953. The average Bonchev–Trinajstić information content (AvgIpc) is 3.22. The molecule has 8 heteroatoms. The maximum absolute atomic E-state index is 12.8. The Morgan fingerprint density at radius 1 is 1.07 bits per heavy atom. The van der Waals surface area contributed by atoms with Crippen molar-refractivity contribution in [1.82, 2.24) is 9.78 Å². The first-order chi connectivity index (χ1) is 14.0. The summed E-state index contributed by atoms with van der Waals surface area (Å²) in [5, 5.41) is 4.61. The minimum atomic E-state index is -4.33. The van der Waals surface area contributed by atoms with Gasteiger partial charge in [-0.2, -0.15) is 13.2 Å². The van der Waals surface area contributed by atoms with E-state index >= 15 is 0 Å². The molecule has 0 spiro atoms. The molecule has 0 radical (unpaired) electrons. The van der Waals surface area contributed by atoms with Crippen molar-refractivity contribution in [2.45, 2.75) is 83.2 Å². The highest BCUT2D eigenvalue weighted by Gasteiger charge is 2.46. The number of hydrogen-bond donors (Lipinski definition) is 0. The molecule has 1 aromatic carbocycles. The zero-order valence-electron chi connectivity index (χ0n) is 18.7. The average molecular weight is 441 g/mol. The summed E-state index contributed by atoms with van der Waals surface area (Å²) in [6, 6.07) is 5.34. The fourth-order valence-corrected chi connectivity index (χ4v) is 10.6. The third-order valence-corrected chi connectivity index (χ3v) is 12.6. The van der Waals surface area contributed by atoms with Crippen LogP contribution in [0.15, 0.2) is 30.6 Å². The fraction of sp³-hybridized carbons (Fsp3) is 0.636. The second-order valence-corrected chi connectivity index (χ2v) is 14.7. The lowest BCUT2D eigenvalue weighted by Gasteiger charge is -2.42. The van der Waals surface area contributed by atoms with E-state index in [-0.39, 0.29) is 6.04 Å². The van der Waals surface area contributed by atoms with E-state index in [9.17, 15) is 13.2 Å². The quantitative estimate of drug-likeness (QED) is 0.399. The van der Waals surface area contributed by atoms with Crippen molar-refractivity contribution in [3.8, 4) is 5.69 Å². The van der Waals surface area contributed by atoms with Gasteiger partial charge in [-0.3, -0.25) is 0 Å². The molecule has 1 aliphatic heterocycles. The van der Waals surface area contributed by atoms with Crippen LogP contribution in [-0.4, -0.2) is 24.7 Å². The minimum absolute atomic E-state index is 0.214. The van der Waals surface area contributed by atoms with Crippen LogP contribution in [0.3, 0.4) is 0 Å². The second kappa shape index (κ2) is 8.46. The molecule has 0 amide bonds. The minimum Gasteiger partial charge on any atom is -0.412 e. The van der Waals surface area contributed by atoms with Gasteiger partial charge in [0.15, 0.2) is 0 Å². The molecule has 1 aromatic heterocycles. The van der Waals surface area contributed by atoms with Crippen molar-refractivity contribution in [3.63, 3.8) is 0 Å². The zero-order chi connectivity index (χ0) is 22.3. The number of hydrogen-bond acceptors (Lipinski definition) is 2. The lowest BCUT2D eigenvalue weighted by Crippen LogP contribution is -2.50. The van der Waals surface area contributed by atoms with Gasteiger partial charge in [0.1, 0.15) is 11.7 Å². The van der Waals surface area contributed by atoms with Gasteiger partial charge in [0.05, 0.1) is 12.2 Å². The first kappa shape index (κ1) is 23.0. The van der Waals surface area contributed by atoms with Gasteiger partial charge in [0.2, 0.25) is 14.6 Å². The van der Waals surface area contributed by atoms with Crippen LogP contribution < -0.4 is 4.57 Å². The molecule has 4 nitrogen and oxygen atoms in total. The fourth-order valence-electron chi connectivity index (χ4n) is 5.14. The number of nitrogens with zero attached hydrogens (tertiary/aromatic N) is 3. The molecule has 0 aliphatic carbocycles. The van der Waals surface area contributed by atoms with Crippen LogP contribution in [0.4, 0.5) is 13.2 Å². The van der Waals surface area contributed by atoms with Crippen molar-refractivity contribution < 1.29 is 22.2 Å². The normalized spacial score (nSPS) is 17.4. The molecule has 1 atom stereocenters. The van der Waals surface area contributed by atoms with E-state index in [1.54, 1.807) is 4.68 Å². The molecule has 2 heterocycles. The van der Waals surface area contributed by atoms with Crippen LogP contribution in [0.25, 0.3) is 5.69 Å². The number of alkyl halides is 3. The Balaban J connectivity index is 1.78. The molecular weight excluding hydrogens is 407 g/mol. The van der Waals surface area contributed by atoms with Crippen molar-refractivity contribution >= 4 is 8.32 Å². The Labute approximate surface area is 178 Å². The Hall–Kier alpha value is -1.67. The highest BCUT2D eigenvalue weighted by molar-refractivity contribution is 6.77. The number of aryl methyl sites for hydroxylation is 1. The smallest absolute Gasteiger partial charge is 0.412 e. The third kappa shape index (κ3) is 4.21. The molecule has 3 rings (SSSR count). The van der Waals surface area contributed by atoms with Crippen LogP contribution in [0, 0.1) is 0 Å². The molecule has 0 unspecified atom stereocenters. The largest absolute Gasteiger partial charge is 0.416 e. The Morgan fingerprint density at radius 2 is 1.63 bits per heavy atom. The zero-order valence-corrected chi connectivity index (χ0v) is 19.7. The molecule has 166 valence electrons.